The van der Waals surface area contributed by atoms with Gasteiger partial charge in [0, 0.05) is 17.8 Å². The summed E-state index contributed by atoms with van der Waals surface area (Å²) < 4.78 is 7.60. The lowest BCUT2D eigenvalue weighted by Gasteiger charge is -2.05. The van der Waals surface area contributed by atoms with E-state index in [-0.39, 0.29) is 0 Å². The number of furan rings is 1. The van der Waals surface area contributed by atoms with E-state index in [2.05, 4.69) is 21.8 Å². The van der Waals surface area contributed by atoms with E-state index in [9.17, 15) is 0 Å². The molecule has 1 N–H and O–H groups in total. The minimum Gasteiger partial charge on any atom is -0.467 e. The molecule has 0 unspecified atom stereocenters. The van der Waals surface area contributed by atoms with Crippen molar-refractivity contribution in [2.45, 2.75) is 26.9 Å². The van der Waals surface area contributed by atoms with Gasteiger partial charge in [-0.15, -0.1) is 0 Å². The van der Waals surface area contributed by atoms with Crippen molar-refractivity contribution in [2.75, 3.05) is 7.05 Å². The summed E-state index contributed by atoms with van der Waals surface area (Å²) in [6, 6.07) is 2.00. The molecule has 0 fully saturated rings. The molecular formula is C12H17N3O. The van der Waals surface area contributed by atoms with Gasteiger partial charge >= 0.3 is 0 Å². The van der Waals surface area contributed by atoms with Crippen LogP contribution in [0, 0.1) is 13.8 Å². The van der Waals surface area contributed by atoms with Gasteiger partial charge in [0.15, 0.2) is 0 Å². The molecule has 0 saturated carbocycles. The van der Waals surface area contributed by atoms with E-state index in [1.807, 2.05) is 26.4 Å². The SMILES string of the molecule is CNCc1ccoc1Cn1cnc(C)c1C. The molecule has 0 aliphatic carbocycles. The average Bonchev–Trinajstić information content (AvgIpc) is 2.82. The number of imidazole rings is 1. The van der Waals surface area contributed by atoms with E-state index in [0.29, 0.717) is 0 Å². The molecular weight excluding hydrogens is 202 g/mol. The minimum absolute atomic E-state index is 0.747. The zero-order chi connectivity index (χ0) is 11.5. The monoisotopic (exact) mass is 219 g/mol. The summed E-state index contributed by atoms with van der Waals surface area (Å²) in [5, 5.41) is 3.13. The Labute approximate surface area is 95.3 Å². The second kappa shape index (κ2) is 4.53. The number of nitrogens with zero attached hydrogens (tertiary/aromatic N) is 2. The summed E-state index contributed by atoms with van der Waals surface area (Å²) in [5.74, 6) is 0.995. The summed E-state index contributed by atoms with van der Waals surface area (Å²) >= 11 is 0. The van der Waals surface area contributed by atoms with E-state index < -0.39 is 0 Å². The lowest BCUT2D eigenvalue weighted by Crippen LogP contribution is -2.08. The molecule has 0 amide bonds. The van der Waals surface area contributed by atoms with Crippen molar-refractivity contribution in [1.29, 1.82) is 0 Å². The van der Waals surface area contributed by atoms with Gasteiger partial charge in [0.25, 0.3) is 0 Å². The highest BCUT2D eigenvalue weighted by atomic mass is 16.3. The minimum atomic E-state index is 0.747. The third-order valence-electron chi connectivity index (χ3n) is 2.86. The Morgan fingerprint density at radius 1 is 1.44 bits per heavy atom. The van der Waals surface area contributed by atoms with Crippen LogP contribution < -0.4 is 5.32 Å². The van der Waals surface area contributed by atoms with Crippen LogP contribution in [0.3, 0.4) is 0 Å². The Morgan fingerprint density at radius 3 is 2.88 bits per heavy atom. The molecule has 86 valence electrons. The van der Waals surface area contributed by atoms with Gasteiger partial charge in [0.1, 0.15) is 5.76 Å². The van der Waals surface area contributed by atoms with Gasteiger partial charge in [0.05, 0.1) is 24.8 Å². The zero-order valence-corrected chi connectivity index (χ0v) is 9.95. The highest BCUT2D eigenvalue weighted by Crippen LogP contribution is 2.14. The molecule has 2 aromatic rings. The number of rotatable bonds is 4. The van der Waals surface area contributed by atoms with E-state index in [0.717, 1.165) is 24.5 Å². The summed E-state index contributed by atoms with van der Waals surface area (Å²) in [6.45, 7) is 5.67. The van der Waals surface area contributed by atoms with Gasteiger partial charge in [-0.05, 0) is 27.0 Å². The molecule has 0 spiro atoms. The van der Waals surface area contributed by atoms with Crippen molar-refractivity contribution in [1.82, 2.24) is 14.9 Å². The van der Waals surface area contributed by atoms with Crippen molar-refractivity contribution in [3.05, 3.63) is 41.4 Å². The van der Waals surface area contributed by atoms with E-state index in [4.69, 9.17) is 4.42 Å². The first-order valence-electron chi connectivity index (χ1n) is 5.40. The van der Waals surface area contributed by atoms with Crippen LogP contribution in [0.1, 0.15) is 22.7 Å². The van der Waals surface area contributed by atoms with Crippen molar-refractivity contribution in [2.24, 2.45) is 0 Å². The van der Waals surface area contributed by atoms with Gasteiger partial charge in [-0.1, -0.05) is 0 Å². The molecule has 2 rings (SSSR count). The third-order valence-corrected chi connectivity index (χ3v) is 2.86. The number of hydrogen-bond acceptors (Lipinski definition) is 3. The van der Waals surface area contributed by atoms with Crippen LogP contribution in [-0.4, -0.2) is 16.6 Å². The van der Waals surface area contributed by atoms with Crippen molar-refractivity contribution in [3.8, 4) is 0 Å². The maximum absolute atomic E-state index is 5.50. The van der Waals surface area contributed by atoms with Crippen LogP contribution in [0.5, 0.6) is 0 Å². The lowest BCUT2D eigenvalue weighted by molar-refractivity contribution is 0.484. The van der Waals surface area contributed by atoms with Crippen LogP contribution in [0.2, 0.25) is 0 Å². The smallest absolute Gasteiger partial charge is 0.127 e. The molecule has 0 radical (unpaired) electrons. The highest BCUT2D eigenvalue weighted by Gasteiger charge is 2.08. The summed E-state index contributed by atoms with van der Waals surface area (Å²) in [7, 11) is 1.93. The van der Waals surface area contributed by atoms with E-state index in [1.54, 1.807) is 6.26 Å². The third kappa shape index (κ3) is 2.02. The van der Waals surface area contributed by atoms with E-state index in [1.165, 1.54) is 11.3 Å². The quantitative estimate of drug-likeness (QED) is 0.853. The lowest BCUT2D eigenvalue weighted by atomic mass is 10.2. The molecule has 0 aliphatic rings. The van der Waals surface area contributed by atoms with Crippen LogP contribution in [0.15, 0.2) is 23.1 Å². The fourth-order valence-corrected chi connectivity index (χ4v) is 1.71. The zero-order valence-electron chi connectivity index (χ0n) is 9.95. The largest absolute Gasteiger partial charge is 0.467 e. The van der Waals surface area contributed by atoms with Gasteiger partial charge in [-0.2, -0.15) is 0 Å². The molecule has 2 aromatic heterocycles. The standard InChI is InChI=1S/C12H17N3O/c1-9-10(2)15(8-14-9)7-12-11(6-13-3)4-5-16-12/h4-5,8,13H,6-7H2,1-3H3. The Morgan fingerprint density at radius 2 is 2.25 bits per heavy atom. The molecule has 0 aliphatic heterocycles. The molecule has 0 aromatic carbocycles. The summed E-state index contributed by atoms with van der Waals surface area (Å²) in [5.41, 5.74) is 3.46. The molecule has 4 nitrogen and oxygen atoms in total. The molecule has 16 heavy (non-hydrogen) atoms. The fraction of sp³-hybridized carbons (Fsp3) is 0.417. The number of hydrogen-bond donors (Lipinski definition) is 1. The first kappa shape index (κ1) is 11.0. The predicted octanol–water partition coefficient (Wildman–Crippen LogP) is 1.86. The average molecular weight is 219 g/mol. The second-order valence-corrected chi connectivity index (χ2v) is 3.94. The topological polar surface area (TPSA) is 43.0 Å². The van der Waals surface area contributed by atoms with Crippen LogP contribution in [-0.2, 0) is 13.1 Å². The maximum atomic E-state index is 5.50. The van der Waals surface area contributed by atoms with Gasteiger partial charge in [-0.3, -0.25) is 0 Å². The first-order valence-corrected chi connectivity index (χ1v) is 5.40. The number of nitrogens with one attached hydrogen (secondary N) is 1. The highest BCUT2D eigenvalue weighted by molar-refractivity contribution is 5.19. The van der Waals surface area contributed by atoms with Gasteiger partial charge in [0.2, 0.25) is 0 Å². The van der Waals surface area contributed by atoms with Gasteiger partial charge < -0.3 is 14.3 Å². The predicted molar refractivity (Wildman–Crippen MR) is 62.3 cm³/mol. The van der Waals surface area contributed by atoms with Crippen molar-refractivity contribution < 1.29 is 4.42 Å². The first-order chi connectivity index (χ1) is 7.72. The van der Waals surface area contributed by atoms with Crippen molar-refractivity contribution in [3.63, 3.8) is 0 Å². The van der Waals surface area contributed by atoms with Gasteiger partial charge in [-0.25, -0.2) is 4.98 Å². The Kier molecular flexibility index (Phi) is 3.10. The molecule has 0 atom stereocenters. The summed E-state index contributed by atoms with van der Waals surface area (Å²) in [6.07, 6.45) is 3.59. The second-order valence-electron chi connectivity index (χ2n) is 3.94. The Balaban J connectivity index is 2.20. The number of aromatic nitrogens is 2. The molecule has 4 heteroatoms. The molecule has 0 saturated heterocycles. The van der Waals surface area contributed by atoms with Crippen molar-refractivity contribution >= 4 is 0 Å². The molecule has 2 heterocycles. The van der Waals surface area contributed by atoms with Crippen LogP contribution in [0.25, 0.3) is 0 Å². The normalized spacial score (nSPS) is 10.9. The number of aryl methyl sites for hydroxylation is 1. The van der Waals surface area contributed by atoms with E-state index >= 15 is 0 Å². The van der Waals surface area contributed by atoms with Crippen LogP contribution in [0.4, 0.5) is 0 Å². The Hall–Kier alpha value is -1.55. The summed E-state index contributed by atoms with van der Waals surface area (Å²) in [4.78, 5) is 4.28. The van der Waals surface area contributed by atoms with Crippen LogP contribution >= 0.6 is 0 Å². The Bertz CT molecular complexity index is 470. The fourth-order valence-electron chi connectivity index (χ4n) is 1.71. The molecule has 0 bridgehead atoms. The maximum Gasteiger partial charge on any atom is 0.127 e.